The zero-order chi connectivity index (χ0) is 20.8. The summed E-state index contributed by atoms with van der Waals surface area (Å²) in [5.74, 6) is -0.785. The van der Waals surface area contributed by atoms with E-state index >= 15 is 0 Å². The Labute approximate surface area is 174 Å². The topological polar surface area (TPSA) is 109 Å². The Balaban J connectivity index is 1.36. The monoisotopic (exact) mass is 405 g/mol. The van der Waals surface area contributed by atoms with Crippen molar-refractivity contribution in [3.63, 3.8) is 0 Å². The summed E-state index contributed by atoms with van der Waals surface area (Å²) in [6, 6.07) is 7.29. The molecule has 0 aliphatic carbocycles. The zero-order valence-corrected chi connectivity index (χ0v) is 16.6. The number of piperidine rings is 1. The van der Waals surface area contributed by atoms with Crippen LogP contribution in [0.15, 0.2) is 30.5 Å². The molecule has 3 N–H and O–H groups in total. The van der Waals surface area contributed by atoms with Crippen molar-refractivity contribution in [1.82, 2.24) is 20.1 Å². The van der Waals surface area contributed by atoms with E-state index in [0.717, 1.165) is 29.8 Å². The highest BCUT2D eigenvalue weighted by Crippen LogP contribution is 2.31. The Morgan fingerprint density at radius 3 is 2.83 bits per heavy atom. The number of nitrogens with two attached hydrogens (primary N) is 1. The number of benzene rings is 1. The van der Waals surface area contributed by atoms with Crippen LogP contribution in [0.4, 0.5) is 5.69 Å². The lowest BCUT2D eigenvalue weighted by Gasteiger charge is -2.30. The second-order valence-corrected chi connectivity index (χ2v) is 8.19. The van der Waals surface area contributed by atoms with Crippen molar-refractivity contribution in [3.8, 4) is 0 Å². The van der Waals surface area contributed by atoms with E-state index in [4.69, 9.17) is 5.73 Å². The summed E-state index contributed by atoms with van der Waals surface area (Å²) < 4.78 is 0. The first kappa shape index (κ1) is 18.7. The summed E-state index contributed by atoms with van der Waals surface area (Å²) in [5.41, 5.74) is 11.3. The number of amides is 3. The van der Waals surface area contributed by atoms with Gasteiger partial charge in [-0.15, -0.1) is 0 Å². The molecule has 3 amide bonds. The lowest BCUT2D eigenvalue weighted by atomic mass is 10.00. The number of imide groups is 1. The number of hydrogen-bond acceptors (Lipinski definition) is 6. The number of nitrogens with one attached hydrogen (secondary N) is 1. The van der Waals surface area contributed by atoms with Crippen molar-refractivity contribution in [3.05, 3.63) is 58.4 Å². The number of fused-ring (bicyclic) bond motifs is 2. The van der Waals surface area contributed by atoms with Crippen LogP contribution in [0.1, 0.15) is 45.6 Å². The minimum atomic E-state index is -0.591. The highest BCUT2D eigenvalue weighted by molar-refractivity contribution is 6.06. The van der Waals surface area contributed by atoms with Crippen LogP contribution in [0.2, 0.25) is 0 Å². The molecule has 5 rings (SSSR count). The molecule has 1 atom stereocenters. The summed E-state index contributed by atoms with van der Waals surface area (Å²) in [7, 11) is 0. The maximum Gasteiger partial charge on any atom is 0.255 e. The average molecular weight is 405 g/mol. The van der Waals surface area contributed by atoms with E-state index in [-0.39, 0.29) is 24.1 Å². The molecule has 1 unspecified atom stereocenters. The molecule has 0 bridgehead atoms. The van der Waals surface area contributed by atoms with Crippen LogP contribution in [0.25, 0.3) is 0 Å². The summed E-state index contributed by atoms with van der Waals surface area (Å²) in [6.45, 7) is 2.62. The van der Waals surface area contributed by atoms with Gasteiger partial charge in [0.1, 0.15) is 6.04 Å². The fourth-order valence-electron chi connectivity index (χ4n) is 4.68. The predicted molar refractivity (Wildman–Crippen MR) is 109 cm³/mol. The third-order valence-electron chi connectivity index (χ3n) is 6.18. The molecule has 8 heteroatoms. The highest BCUT2D eigenvalue weighted by atomic mass is 16.2. The smallest absolute Gasteiger partial charge is 0.255 e. The van der Waals surface area contributed by atoms with Gasteiger partial charge in [-0.2, -0.15) is 0 Å². The number of carbonyl (C=O) groups is 3. The van der Waals surface area contributed by atoms with E-state index in [1.807, 2.05) is 24.3 Å². The second-order valence-electron chi connectivity index (χ2n) is 8.19. The van der Waals surface area contributed by atoms with Crippen LogP contribution >= 0.6 is 0 Å². The SMILES string of the molecule is Nc1cnc2c(c1)CCN(Cc1cccc3c1C(=O)N(C1CCC(=O)NC1=O)C3)C2. The Bertz CT molecular complexity index is 1070. The first-order valence-electron chi connectivity index (χ1n) is 10.2. The van der Waals surface area contributed by atoms with Gasteiger partial charge in [-0.25, -0.2) is 0 Å². The summed E-state index contributed by atoms with van der Waals surface area (Å²) in [5, 5.41) is 2.35. The van der Waals surface area contributed by atoms with Gasteiger partial charge in [-0.1, -0.05) is 18.2 Å². The van der Waals surface area contributed by atoms with Crippen LogP contribution in [0, 0.1) is 0 Å². The molecule has 1 aromatic carbocycles. The van der Waals surface area contributed by atoms with Gasteiger partial charge in [0.05, 0.1) is 17.6 Å². The van der Waals surface area contributed by atoms with E-state index in [1.165, 1.54) is 5.56 Å². The first-order valence-corrected chi connectivity index (χ1v) is 10.2. The Hall–Kier alpha value is -3.26. The number of rotatable bonds is 3. The van der Waals surface area contributed by atoms with Crippen LogP contribution in [0.5, 0.6) is 0 Å². The van der Waals surface area contributed by atoms with Crippen molar-refractivity contribution >= 4 is 23.4 Å². The molecule has 3 aliphatic rings. The fourth-order valence-corrected chi connectivity index (χ4v) is 4.68. The molecular formula is C22H23N5O3. The third kappa shape index (κ3) is 3.23. The van der Waals surface area contributed by atoms with Crippen molar-refractivity contribution in [2.75, 3.05) is 12.3 Å². The molecule has 0 saturated carbocycles. The molecule has 3 aliphatic heterocycles. The Kier molecular flexibility index (Phi) is 4.51. The number of aromatic nitrogens is 1. The average Bonchev–Trinajstić information content (AvgIpc) is 3.05. The molecule has 4 heterocycles. The lowest BCUT2D eigenvalue weighted by molar-refractivity contribution is -0.136. The third-order valence-corrected chi connectivity index (χ3v) is 6.18. The predicted octanol–water partition coefficient (Wildman–Crippen LogP) is 0.983. The zero-order valence-electron chi connectivity index (χ0n) is 16.6. The number of pyridine rings is 1. The number of nitrogens with zero attached hydrogens (tertiary/aromatic N) is 3. The fraction of sp³-hybridized carbons (Fsp3) is 0.364. The molecule has 8 nitrogen and oxygen atoms in total. The summed E-state index contributed by atoms with van der Waals surface area (Å²) in [4.78, 5) is 45.3. The molecule has 1 saturated heterocycles. The first-order chi connectivity index (χ1) is 14.5. The normalized spacial score (nSPS) is 21.4. The maximum absolute atomic E-state index is 13.2. The maximum atomic E-state index is 13.2. The summed E-state index contributed by atoms with van der Waals surface area (Å²) in [6.07, 6.45) is 3.19. The quantitative estimate of drug-likeness (QED) is 0.737. The van der Waals surface area contributed by atoms with E-state index < -0.39 is 6.04 Å². The minimum Gasteiger partial charge on any atom is -0.397 e. The van der Waals surface area contributed by atoms with Crippen molar-refractivity contribution in [1.29, 1.82) is 0 Å². The van der Waals surface area contributed by atoms with Crippen LogP contribution in [-0.2, 0) is 35.6 Å². The lowest BCUT2D eigenvalue weighted by Crippen LogP contribution is -2.52. The number of carbonyl (C=O) groups excluding carboxylic acids is 3. The molecule has 1 aromatic heterocycles. The van der Waals surface area contributed by atoms with Crippen LogP contribution in [-0.4, -0.2) is 45.1 Å². The van der Waals surface area contributed by atoms with Gasteiger partial charge < -0.3 is 10.6 Å². The largest absolute Gasteiger partial charge is 0.397 e. The van der Waals surface area contributed by atoms with Gasteiger partial charge in [0.2, 0.25) is 11.8 Å². The van der Waals surface area contributed by atoms with Crippen molar-refractivity contribution < 1.29 is 14.4 Å². The van der Waals surface area contributed by atoms with E-state index in [1.54, 1.807) is 11.1 Å². The van der Waals surface area contributed by atoms with Crippen molar-refractivity contribution in [2.24, 2.45) is 0 Å². The second kappa shape index (κ2) is 7.21. The molecule has 2 aromatic rings. The molecule has 30 heavy (non-hydrogen) atoms. The van der Waals surface area contributed by atoms with Crippen LogP contribution < -0.4 is 11.1 Å². The molecule has 1 fully saturated rings. The van der Waals surface area contributed by atoms with E-state index in [9.17, 15) is 14.4 Å². The van der Waals surface area contributed by atoms with Gasteiger partial charge in [-0.05, 0) is 35.6 Å². The van der Waals surface area contributed by atoms with Crippen LogP contribution in [0.3, 0.4) is 0 Å². The molecule has 0 spiro atoms. The Morgan fingerprint density at radius 1 is 1.13 bits per heavy atom. The number of anilines is 1. The Morgan fingerprint density at radius 2 is 2.00 bits per heavy atom. The molecular weight excluding hydrogens is 382 g/mol. The molecule has 154 valence electrons. The number of nitrogen functional groups attached to an aromatic ring is 1. The minimum absolute atomic E-state index is 0.126. The van der Waals surface area contributed by atoms with Gasteiger partial charge in [0.15, 0.2) is 0 Å². The van der Waals surface area contributed by atoms with Gasteiger partial charge in [0, 0.05) is 38.2 Å². The summed E-state index contributed by atoms with van der Waals surface area (Å²) >= 11 is 0. The highest BCUT2D eigenvalue weighted by Gasteiger charge is 2.40. The van der Waals surface area contributed by atoms with Crippen molar-refractivity contribution in [2.45, 2.75) is 44.9 Å². The van der Waals surface area contributed by atoms with E-state index in [2.05, 4.69) is 15.2 Å². The van der Waals surface area contributed by atoms with Gasteiger partial charge in [0.25, 0.3) is 5.91 Å². The van der Waals surface area contributed by atoms with Gasteiger partial charge in [-0.3, -0.25) is 29.6 Å². The van der Waals surface area contributed by atoms with E-state index in [0.29, 0.717) is 37.3 Å². The number of hydrogen-bond donors (Lipinski definition) is 2. The standard InChI is InChI=1S/C22H23N5O3/c23-16-8-13-6-7-26(12-17(13)24-9-16)10-14-2-1-3-15-11-27(22(30)20(14)15)18-4-5-19(28)25-21(18)29/h1-3,8-9,18H,4-7,10-12,23H2,(H,25,28,29). The molecule has 0 radical (unpaired) electrons. The van der Waals surface area contributed by atoms with Gasteiger partial charge >= 0.3 is 0 Å².